The van der Waals surface area contributed by atoms with Crippen LogP contribution in [0.1, 0.15) is 6.42 Å². The first-order valence-electron chi connectivity index (χ1n) is 6.36. The van der Waals surface area contributed by atoms with Gasteiger partial charge in [0, 0.05) is 12.1 Å². The molecule has 0 unspecified atom stereocenters. The minimum Gasteiger partial charge on any atom is -0.469 e. The molecule has 0 aliphatic carbocycles. The van der Waals surface area contributed by atoms with Crippen LogP contribution in [0, 0.1) is 0 Å². The fourth-order valence-electron chi connectivity index (χ4n) is 1.60. The second-order valence-corrected chi connectivity index (χ2v) is 4.19. The Balaban J connectivity index is 1.85. The SMILES string of the molecule is COC(=O)CCNC(=O)Cn1nnc(-c2ccccc2)n1. The summed E-state index contributed by atoms with van der Waals surface area (Å²) in [5.41, 5.74) is 0.829. The molecule has 1 heterocycles. The monoisotopic (exact) mass is 289 g/mol. The second-order valence-electron chi connectivity index (χ2n) is 4.19. The van der Waals surface area contributed by atoms with Crippen molar-refractivity contribution < 1.29 is 14.3 Å². The highest BCUT2D eigenvalue weighted by molar-refractivity contribution is 5.76. The van der Waals surface area contributed by atoms with Crippen LogP contribution in [0.4, 0.5) is 0 Å². The predicted octanol–water partition coefficient (Wildman–Crippen LogP) is 0.0194. The van der Waals surface area contributed by atoms with E-state index in [0.717, 1.165) is 5.56 Å². The van der Waals surface area contributed by atoms with Crippen molar-refractivity contribution in [3.8, 4) is 11.4 Å². The Morgan fingerprint density at radius 2 is 2.05 bits per heavy atom. The molecule has 0 bridgehead atoms. The van der Waals surface area contributed by atoms with Gasteiger partial charge in [0.25, 0.3) is 0 Å². The molecule has 1 amide bonds. The third-order valence-electron chi connectivity index (χ3n) is 2.65. The molecule has 0 saturated carbocycles. The summed E-state index contributed by atoms with van der Waals surface area (Å²) in [6.07, 6.45) is 0.127. The third-order valence-corrected chi connectivity index (χ3v) is 2.65. The van der Waals surface area contributed by atoms with E-state index in [2.05, 4.69) is 25.5 Å². The molecule has 1 aromatic carbocycles. The number of hydrogen-bond acceptors (Lipinski definition) is 6. The molecule has 1 N–H and O–H groups in total. The number of esters is 1. The van der Waals surface area contributed by atoms with E-state index in [1.165, 1.54) is 11.9 Å². The van der Waals surface area contributed by atoms with Gasteiger partial charge in [-0.25, -0.2) is 0 Å². The van der Waals surface area contributed by atoms with E-state index in [9.17, 15) is 9.59 Å². The molecule has 0 aliphatic rings. The molecule has 2 rings (SSSR count). The maximum atomic E-state index is 11.6. The number of methoxy groups -OCH3 is 1. The first-order chi connectivity index (χ1) is 10.2. The molecular weight excluding hydrogens is 274 g/mol. The van der Waals surface area contributed by atoms with Crippen LogP contribution in [-0.4, -0.2) is 45.7 Å². The maximum absolute atomic E-state index is 11.6. The molecule has 21 heavy (non-hydrogen) atoms. The van der Waals surface area contributed by atoms with Gasteiger partial charge in [-0.2, -0.15) is 4.80 Å². The molecule has 2 aromatic rings. The summed E-state index contributed by atoms with van der Waals surface area (Å²) in [6.45, 7) is 0.159. The highest BCUT2D eigenvalue weighted by Gasteiger charge is 2.09. The lowest BCUT2D eigenvalue weighted by molar-refractivity contribution is -0.140. The number of tetrazole rings is 1. The first kappa shape index (κ1) is 14.6. The van der Waals surface area contributed by atoms with Gasteiger partial charge in [0.05, 0.1) is 13.5 Å². The van der Waals surface area contributed by atoms with E-state index < -0.39 is 0 Å². The van der Waals surface area contributed by atoms with Crippen LogP contribution in [0.3, 0.4) is 0 Å². The summed E-state index contributed by atoms with van der Waals surface area (Å²) in [7, 11) is 1.30. The van der Waals surface area contributed by atoms with Crippen molar-refractivity contribution in [1.29, 1.82) is 0 Å². The van der Waals surface area contributed by atoms with Gasteiger partial charge in [-0.1, -0.05) is 30.3 Å². The van der Waals surface area contributed by atoms with Gasteiger partial charge in [0.15, 0.2) is 0 Å². The van der Waals surface area contributed by atoms with E-state index >= 15 is 0 Å². The Hall–Kier alpha value is -2.77. The van der Waals surface area contributed by atoms with Crippen molar-refractivity contribution >= 4 is 11.9 Å². The average molecular weight is 289 g/mol. The summed E-state index contributed by atoms with van der Waals surface area (Å²) < 4.78 is 4.47. The van der Waals surface area contributed by atoms with Crippen LogP contribution >= 0.6 is 0 Å². The Kier molecular flexibility index (Phi) is 4.97. The van der Waals surface area contributed by atoms with Crippen molar-refractivity contribution in [2.45, 2.75) is 13.0 Å². The first-order valence-corrected chi connectivity index (χ1v) is 6.36. The largest absolute Gasteiger partial charge is 0.469 e. The number of amides is 1. The number of carbonyl (C=O) groups is 2. The summed E-state index contributed by atoms with van der Waals surface area (Å²) >= 11 is 0. The van der Waals surface area contributed by atoms with Gasteiger partial charge in [-0.05, 0) is 5.21 Å². The van der Waals surface area contributed by atoms with Gasteiger partial charge in [0.1, 0.15) is 6.54 Å². The maximum Gasteiger partial charge on any atom is 0.307 e. The number of ether oxygens (including phenoxy) is 1. The van der Waals surface area contributed by atoms with Crippen molar-refractivity contribution in [3.05, 3.63) is 30.3 Å². The molecular formula is C13H15N5O3. The number of hydrogen-bond donors (Lipinski definition) is 1. The van der Waals surface area contributed by atoms with Gasteiger partial charge in [-0.3, -0.25) is 9.59 Å². The normalized spacial score (nSPS) is 10.1. The molecule has 0 spiro atoms. The van der Waals surface area contributed by atoms with Crippen LogP contribution in [-0.2, 0) is 20.9 Å². The Bertz CT molecular complexity index is 611. The van der Waals surface area contributed by atoms with Crippen LogP contribution in [0.15, 0.2) is 30.3 Å². The summed E-state index contributed by atoms with van der Waals surface area (Å²) in [6, 6.07) is 9.35. The molecule has 0 saturated heterocycles. The van der Waals surface area contributed by atoms with E-state index in [1.807, 2.05) is 30.3 Å². The molecule has 0 aliphatic heterocycles. The predicted molar refractivity (Wildman–Crippen MR) is 72.9 cm³/mol. The van der Waals surface area contributed by atoms with Crippen molar-refractivity contribution in [1.82, 2.24) is 25.5 Å². The molecule has 8 heteroatoms. The number of nitrogens with one attached hydrogen (secondary N) is 1. The van der Waals surface area contributed by atoms with Crippen LogP contribution in [0.25, 0.3) is 11.4 Å². The van der Waals surface area contributed by atoms with Gasteiger partial charge in [0.2, 0.25) is 11.7 Å². The molecule has 8 nitrogen and oxygen atoms in total. The minimum absolute atomic E-state index is 0.0546. The molecule has 0 radical (unpaired) electrons. The van der Waals surface area contributed by atoms with E-state index in [4.69, 9.17) is 0 Å². The second kappa shape index (κ2) is 7.13. The number of carbonyl (C=O) groups excluding carboxylic acids is 2. The van der Waals surface area contributed by atoms with E-state index in [0.29, 0.717) is 5.82 Å². The lowest BCUT2D eigenvalue weighted by atomic mass is 10.2. The average Bonchev–Trinajstić information content (AvgIpc) is 2.96. The standard InChI is InChI=1S/C13H15N5O3/c1-21-12(20)7-8-14-11(19)9-18-16-13(15-17-18)10-5-3-2-4-6-10/h2-6H,7-9H2,1H3,(H,14,19). The van der Waals surface area contributed by atoms with Crippen LogP contribution < -0.4 is 5.32 Å². The lowest BCUT2D eigenvalue weighted by Crippen LogP contribution is -2.30. The smallest absolute Gasteiger partial charge is 0.307 e. The van der Waals surface area contributed by atoms with Gasteiger partial charge >= 0.3 is 5.97 Å². The molecule has 110 valence electrons. The lowest BCUT2D eigenvalue weighted by Gasteiger charge is -2.03. The van der Waals surface area contributed by atoms with Crippen molar-refractivity contribution in [2.75, 3.05) is 13.7 Å². The molecule has 0 fully saturated rings. The minimum atomic E-state index is -0.374. The highest BCUT2D eigenvalue weighted by Crippen LogP contribution is 2.11. The zero-order valence-corrected chi connectivity index (χ0v) is 11.5. The Morgan fingerprint density at radius 1 is 1.29 bits per heavy atom. The summed E-state index contributed by atoms with van der Waals surface area (Å²) in [5, 5.41) is 14.4. The summed E-state index contributed by atoms with van der Waals surface area (Å²) in [5.74, 6) is -0.213. The molecule has 1 aromatic heterocycles. The van der Waals surface area contributed by atoms with E-state index in [1.54, 1.807) is 0 Å². The highest BCUT2D eigenvalue weighted by atomic mass is 16.5. The van der Waals surface area contributed by atoms with Crippen LogP contribution in [0.5, 0.6) is 0 Å². The zero-order valence-electron chi connectivity index (χ0n) is 11.5. The number of aromatic nitrogens is 4. The number of rotatable bonds is 6. The number of nitrogens with zero attached hydrogens (tertiary/aromatic N) is 4. The van der Waals surface area contributed by atoms with Crippen LogP contribution in [0.2, 0.25) is 0 Å². The zero-order chi connectivity index (χ0) is 15.1. The van der Waals surface area contributed by atoms with Crippen molar-refractivity contribution in [3.63, 3.8) is 0 Å². The fourth-order valence-corrected chi connectivity index (χ4v) is 1.60. The Morgan fingerprint density at radius 3 is 2.76 bits per heavy atom. The third kappa shape index (κ3) is 4.37. The molecule has 0 atom stereocenters. The van der Waals surface area contributed by atoms with E-state index in [-0.39, 0.29) is 31.4 Å². The quantitative estimate of drug-likeness (QED) is 0.753. The summed E-state index contributed by atoms with van der Waals surface area (Å²) in [4.78, 5) is 23.7. The topological polar surface area (TPSA) is 99.0 Å². The fraction of sp³-hybridized carbons (Fsp3) is 0.308. The Labute approximate surface area is 121 Å². The van der Waals surface area contributed by atoms with Crippen molar-refractivity contribution in [2.24, 2.45) is 0 Å². The van der Waals surface area contributed by atoms with Gasteiger partial charge < -0.3 is 10.1 Å². The number of benzene rings is 1. The van der Waals surface area contributed by atoms with Gasteiger partial charge in [-0.15, -0.1) is 10.2 Å².